The zero-order valence-corrected chi connectivity index (χ0v) is 13.1. The summed E-state index contributed by atoms with van der Waals surface area (Å²) in [6.45, 7) is 0.390. The van der Waals surface area contributed by atoms with E-state index in [4.69, 9.17) is 9.15 Å². The van der Waals surface area contributed by atoms with Gasteiger partial charge in [0, 0.05) is 24.8 Å². The van der Waals surface area contributed by atoms with Crippen molar-refractivity contribution in [1.29, 1.82) is 0 Å². The molecular weight excluding hydrogens is 302 g/mol. The van der Waals surface area contributed by atoms with E-state index in [0.717, 1.165) is 23.3 Å². The van der Waals surface area contributed by atoms with Gasteiger partial charge < -0.3 is 14.5 Å². The van der Waals surface area contributed by atoms with Crippen LogP contribution in [0.2, 0.25) is 0 Å². The number of amides is 1. The lowest BCUT2D eigenvalue weighted by molar-refractivity contribution is 0.0137. The molecule has 1 atom stereocenters. The van der Waals surface area contributed by atoms with Gasteiger partial charge in [-0.05, 0) is 24.3 Å². The maximum Gasteiger partial charge on any atom is 0.349 e. The summed E-state index contributed by atoms with van der Waals surface area (Å²) in [4.78, 5) is 24.2. The summed E-state index contributed by atoms with van der Waals surface area (Å²) in [7, 11) is 1.66. The average Bonchev–Trinajstić information content (AvgIpc) is 3.01. The maximum absolute atomic E-state index is 12.3. The minimum atomic E-state index is -0.622. The van der Waals surface area contributed by atoms with Crippen LogP contribution in [-0.4, -0.2) is 36.7 Å². The largest absolute Gasteiger partial charge is 0.422 e. The number of fused-ring (bicyclic) bond motifs is 1. The second-order valence-corrected chi connectivity index (χ2v) is 6.46. The first-order valence-electron chi connectivity index (χ1n) is 7.08. The minimum absolute atomic E-state index is 0.0237. The third-order valence-electron chi connectivity index (χ3n) is 3.96. The molecular formula is C16H17NO4S. The molecule has 6 heteroatoms. The Morgan fingerprint density at radius 2 is 2.27 bits per heavy atom. The number of carbonyl (C=O) groups excluding carboxylic acids is 1. The molecule has 116 valence electrons. The highest BCUT2D eigenvalue weighted by Crippen LogP contribution is 2.30. The minimum Gasteiger partial charge on any atom is -0.422 e. The molecule has 0 spiro atoms. The Balaban J connectivity index is 1.80. The lowest BCUT2D eigenvalue weighted by Crippen LogP contribution is -2.45. The molecule has 3 rings (SSSR count). The van der Waals surface area contributed by atoms with E-state index in [1.54, 1.807) is 43.1 Å². The van der Waals surface area contributed by atoms with Crippen molar-refractivity contribution < 1.29 is 13.9 Å². The van der Waals surface area contributed by atoms with E-state index >= 15 is 0 Å². The monoisotopic (exact) mass is 319 g/mol. The van der Waals surface area contributed by atoms with Crippen LogP contribution in [0.5, 0.6) is 0 Å². The van der Waals surface area contributed by atoms with Gasteiger partial charge in [-0.25, -0.2) is 4.79 Å². The van der Waals surface area contributed by atoms with Crippen LogP contribution >= 0.6 is 11.8 Å². The van der Waals surface area contributed by atoms with E-state index < -0.39 is 11.5 Å². The van der Waals surface area contributed by atoms with Crippen LogP contribution in [0.15, 0.2) is 39.5 Å². The Morgan fingerprint density at radius 3 is 3.00 bits per heavy atom. The van der Waals surface area contributed by atoms with Gasteiger partial charge in [0.2, 0.25) is 0 Å². The summed E-state index contributed by atoms with van der Waals surface area (Å²) in [5.74, 6) is 1.44. The second-order valence-electron chi connectivity index (χ2n) is 5.36. The van der Waals surface area contributed by atoms with Gasteiger partial charge in [0.1, 0.15) is 11.1 Å². The summed E-state index contributed by atoms with van der Waals surface area (Å²) in [6.07, 6.45) is 0.890. The Hall–Kier alpha value is -1.79. The van der Waals surface area contributed by atoms with Gasteiger partial charge >= 0.3 is 5.63 Å². The van der Waals surface area contributed by atoms with E-state index in [0.29, 0.717) is 12.1 Å². The van der Waals surface area contributed by atoms with Gasteiger partial charge in [-0.2, -0.15) is 11.8 Å². The highest BCUT2D eigenvalue weighted by Gasteiger charge is 2.34. The molecule has 1 aliphatic rings. The number of methoxy groups -OCH3 is 1. The number of ether oxygens (including phenoxy) is 1. The molecule has 22 heavy (non-hydrogen) atoms. The summed E-state index contributed by atoms with van der Waals surface area (Å²) >= 11 is 1.80. The van der Waals surface area contributed by atoms with Crippen molar-refractivity contribution in [2.24, 2.45) is 0 Å². The average molecular weight is 319 g/mol. The van der Waals surface area contributed by atoms with Crippen LogP contribution in [0.4, 0.5) is 0 Å². The first-order chi connectivity index (χ1) is 10.6. The fourth-order valence-corrected chi connectivity index (χ4v) is 3.91. The number of benzene rings is 1. The molecule has 1 amide bonds. The van der Waals surface area contributed by atoms with Crippen molar-refractivity contribution in [2.45, 2.75) is 12.0 Å². The quantitative estimate of drug-likeness (QED) is 0.874. The zero-order valence-electron chi connectivity index (χ0n) is 12.3. The van der Waals surface area contributed by atoms with Gasteiger partial charge in [0.05, 0.1) is 5.60 Å². The molecule has 1 saturated heterocycles. The Bertz CT molecular complexity index is 749. The molecule has 0 unspecified atom stereocenters. The van der Waals surface area contributed by atoms with E-state index in [2.05, 4.69) is 5.32 Å². The molecule has 1 aromatic heterocycles. The molecule has 1 aliphatic heterocycles. The topological polar surface area (TPSA) is 68.5 Å². The molecule has 0 bridgehead atoms. The van der Waals surface area contributed by atoms with Crippen LogP contribution in [0.1, 0.15) is 16.8 Å². The first-order valence-corrected chi connectivity index (χ1v) is 8.23. The number of rotatable bonds is 4. The molecule has 2 heterocycles. The van der Waals surface area contributed by atoms with Crippen molar-refractivity contribution in [3.63, 3.8) is 0 Å². The third kappa shape index (κ3) is 2.89. The predicted molar refractivity (Wildman–Crippen MR) is 86.5 cm³/mol. The smallest absolute Gasteiger partial charge is 0.349 e. The van der Waals surface area contributed by atoms with E-state index in [1.165, 1.54) is 0 Å². The van der Waals surface area contributed by atoms with Crippen molar-refractivity contribution in [2.75, 3.05) is 25.2 Å². The normalized spacial score (nSPS) is 21.1. The van der Waals surface area contributed by atoms with Crippen LogP contribution in [0, 0.1) is 0 Å². The van der Waals surface area contributed by atoms with E-state index in [9.17, 15) is 9.59 Å². The number of thioether (sulfide) groups is 1. The maximum atomic E-state index is 12.3. The summed E-state index contributed by atoms with van der Waals surface area (Å²) in [6, 6.07) is 8.69. The molecule has 1 fully saturated rings. The summed E-state index contributed by atoms with van der Waals surface area (Å²) in [5, 5.41) is 3.53. The Labute approximate surface area is 132 Å². The van der Waals surface area contributed by atoms with E-state index in [-0.39, 0.29) is 11.2 Å². The van der Waals surface area contributed by atoms with Gasteiger partial charge in [0.25, 0.3) is 5.91 Å². The fraction of sp³-hybridized carbons (Fsp3) is 0.375. The van der Waals surface area contributed by atoms with Gasteiger partial charge in [0.15, 0.2) is 0 Å². The molecule has 0 saturated carbocycles. The Kier molecular flexibility index (Phi) is 4.22. The molecule has 5 nitrogen and oxygen atoms in total. The fourth-order valence-electron chi connectivity index (χ4n) is 2.52. The molecule has 0 aliphatic carbocycles. The number of para-hydroxylation sites is 1. The van der Waals surface area contributed by atoms with Crippen LogP contribution < -0.4 is 10.9 Å². The standard InChI is InChI=1S/C16H17NO4S/c1-20-16(6-7-22-10-16)9-17-14(18)12-8-11-4-2-3-5-13(11)21-15(12)19/h2-5,8H,6-7,9-10H2,1H3,(H,17,18)/t16-/m0/s1. The number of hydrogen-bond donors (Lipinski definition) is 1. The predicted octanol–water partition coefficient (Wildman–Crippen LogP) is 2.04. The number of hydrogen-bond acceptors (Lipinski definition) is 5. The van der Waals surface area contributed by atoms with Crippen LogP contribution in [0.3, 0.4) is 0 Å². The van der Waals surface area contributed by atoms with Gasteiger partial charge in [-0.3, -0.25) is 4.79 Å². The molecule has 0 radical (unpaired) electrons. The summed E-state index contributed by atoms with van der Waals surface area (Å²) in [5.41, 5.74) is -0.458. The molecule has 1 N–H and O–H groups in total. The van der Waals surface area contributed by atoms with Crippen LogP contribution in [0.25, 0.3) is 11.0 Å². The lowest BCUT2D eigenvalue weighted by Gasteiger charge is -2.26. The van der Waals surface area contributed by atoms with Crippen LogP contribution in [-0.2, 0) is 4.74 Å². The Morgan fingerprint density at radius 1 is 1.45 bits per heavy atom. The number of carbonyl (C=O) groups is 1. The van der Waals surface area contributed by atoms with Crippen molar-refractivity contribution in [3.8, 4) is 0 Å². The SMILES string of the molecule is CO[C@]1(CNC(=O)c2cc3ccccc3oc2=O)CCSC1. The zero-order chi connectivity index (χ0) is 15.6. The summed E-state index contributed by atoms with van der Waals surface area (Å²) < 4.78 is 10.7. The van der Waals surface area contributed by atoms with Crippen molar-refractivity contribution in [3.05, 3.63) is 46.3 Å². The highest BCUT2D eigenvalue weighted by molar-refractivity contribution is 7.99. The molecule has 1 aromatic carbocycles. The van der Waals surface area contributed by atoms with Gasteiger partial charge in [-0.15, -0.1) is 0 Å². The van der Waals surface area contributed by atoms with Gasteiger partial charge in [-0.1, -0.05) is 18.2 Å². The first kappa shape index (κ1) is 15.1. The molecule has 2 aromatic rings. The second kappa shape index (κ2) is 6.14. The number of nitrogens with one attached hydrogen (secondary N) is 1. The third-order valence-corrected chi connectivity index (χ3v) is 5.18. The van der Waals surface area contributed by atoms with E-state index in [1.807, 2.05) is 6.07 Å². The lowest BCUT2D eigenvalue weighted by atomic mass is 10.0. The van der Waals surface area contributed by atoms with Crippen molar-refractivity contribution in [1.82, 2.24) is 5.32 Å². The highest BCUT2D eigenvalue weighted by atomic mass is 32.2. The van der Waals surface area contributed by atoms with Crippen molar-refractivity contribution >= 4 is 28.6 Å².